The molecule has 1 N–H and O–H groups in total. The van der Waals surface area contributed by atoms with E-state index in [1.807, 2.05) is 4.90 Å². The number of halogens is 1. The summed E-state index contributed by atoms with van der Waals surface area (Å²) < 4.78 is 18.3. The molecule has 2 aliphatic rings. The van der Waals surface area contributed by atoms with Crippen molar-refractivity contribution in [2.75, 3.05) is 38.0 Å². The topological polar surface area (TPSA) is 73.3 Å². The molecule has 0 radical (unpaired) electrons. The average molecular weight is 351 g/mol. The van der Waals surface area contributed by atoms with Crippen molar-refractivity contribution in [3.05, 3.63) is 30.1 Å². The predicted molar refractivity (Wildman–Crippen MR) is 88.2 cm³/mol. The Bertz CT molecular complexity index is 644. The molecule has 2 amide bonds. The zero-order valence-corrected chi connectivity index (χ0v) is 14.2. The van der Waals surface area contributed by atoms with Gasteiger partial charge in [-0.25, -0.2) is 9.18 Å². The fourth-order valence-corrected chi connectivity index (χ4v) is 3.60. The van der Waals surface area contributed by atoms with Gasteiger partial charge in [-0.1, -0.05) is 0 Å². The summed E-state index contributed by atoms with van der Waals surface area (Å²) in [5.41, 5.74) is -0.112. The number of aliphatic hydroxyl groups is 1. The highest BCUT2D eigenvalue weighted by molar-refractivity contribution is 5.93. The highest BCUT2D eigenvalue weighted by Gasteiger charge is 2.54. The van der Waals surface area contributed by atoms with Gasteiger partial charge in [0.05, 0.1) is 13.3 Å². The van der Waals surface area contributed by atoms with Gasteiger partial charge in [0, 0.05) is 18.8 Å². The van der Waals surface area contributed by atoms with Gasteiger partial charge >= 0.3 is 6.09 Å². The Morgan fingerprint density at radius 3 is 2.48 bits per heavy atom. The van der Waals surface area contributed by atoms with Crippen molar-refractivity contribution in [3.8, 4) is 0 Å². The van der Waals surface area contributed by atoms with Crippen molar-refractivity contribution in [3.63, 3.8) is 0 Å². The van der Waals surface area contributed by atoms with Crippen molar-refractivity contribution < 1.29 is 23.8 Å². The lowest BCUT2D eigenvalue weighted by Crippen LogP contribution is -2.57. The second-order valence-electron chi connectivity index (χ2n) is 6.25. The Morgan fingerprint density at radius 2 is 1.92 bits per heavy atom. The second-order valence-corrected chi connectivity index (χ2v) is 6.25. The molecule has 0 aliphatic carbocycles. The first-order valence-electron chi connectivity index (χ1n) is 8.37. The van der Waals surface area contributed by atoms with E-state index >= 15 is 0 Å². The number of aliphatic hydroxyl groups excluding tert-OH is 1. The Balaban J connectivity index is 1.85. The van der Waals surface area contributed by atoms with Crippen molar-refractivity contribution in [1.29, 1.82) is 0 Å². The number of likely N-dealkylation sites (tertiary alicyclic amines) is 1. The smallest absolute Gasteiger partial charge is 0.409 e. The minimum Gasteiger partial charge on any atom is -0.450 e. The van der Waals surface area contributed by atoms with Gasteiger partial charge in [-0.2, -0.15) is 0 Å². The molecule has 0 aromatic heterocycles. The normalized spacial score (nSPS) is 19.6. The summed E-state index contributed by atoms with van der Waals surface area (Å²) in [6, 6.07) is 5.96. The number of carbonyl (C=O) groups excluding carboxylic acids is 2. The van der Waals surface area contributed by atoms with Crippen LogP contribution in [0, 0.1) is 5.82 Å². The minimum absolute atomic E-state index is 0.164. The fourth-order valence-electron chi connectivity index (χ4n) is 3.60. The van der Waals surface area contributed by atoms with Gasteiger partial charge in [-0.3, -0.25) is 9.69 Å². The third-order valence-corrected chi connectivity index (χ3v) is 4.94. The predicted octanol–water partition coefficient (Wildman–Crippen LogP) is 1.37. The number of rotatable bonds is 3. The molecule has 1 spiro atoms. The number of carbonyl (C=O) groups is 2. The highest BCUT2D eigenvalue weighted by atomic mass is 19.1. The molecule has 0 bridgehead atoms. The summed E-state index contributed by atoms with van der Waals surface area (Å²) in [5.74, 6) is -0.512. The molecule has 0 saturated carbocycles. The van der Waals surface area contributed by atoms with Crippen LogP contribution in [0.5, 0.6) is 0 Å². The molecule has 136 valence electrons. The van der Waals surface area contributed by atoms with Crippen molar-refractivity contribution in [1.82, 2.24) is 9.80 Å². The number of benzene rings is 1. The first-order valence-corrected chi connectivity index (χ1v) is 8.37. The van der Waals surface area contributed by atoms with Crippen LogP contribution in [0.4, 0.5) is 14.9 Å². The van der Waals surface area contributed by atoms with E-state index in [-0.39, 0.29) is 31.2 Å². The van der Waals surface area contributed by atoms with Crippen LogP contribution >= 0.6 is 0 Å². The van der Waals surface area contributed by atoms with Crippen LogP contribution in [0.15, 0.2) is 24.3 Å². The van der Waals surface area contributed by atoms with E-state index in [2.05, 4.69) is 0 Å². The van der Waals surface area contributed by atoms with Gasteiger partial charge in [-0.05, 0) is 44.0 Å². The van der Waals surface area contributed by atoms with Crippen molar-refractivity contribution >= 4 is 17.7 Å². The van der Waals surface area contributed by atoms with E-state index in [1.54, 1.807) is 24.0 Å². The first-order chi connectivity index (χ1) is 12.0. The molecule has 2 heterocycles. The molecular weight excluding hydrogens is 329 g/mol. The lowest BCUT2D eigenvalue weighted by atomic mass is 9.85. The van der Waals surface area contributed by atoms with E-state index in [4.69, 9.17) is 4.74 Å². The van der Waals surface area contributed by atoms with E-state index in [0.717, 1.165) is 5.69 Å². The average Bonchev–Trinajstić information content (AvgIpc) is 2.89. The molecule has 0 unspecified atom stereocenters. The van der Waals surface area contributed by atoms with Crippen LogP contribution in [-0.4, -0.2) is 65.5 Å². The minimum atomic E-state index is -0.830. The maximum Gasteiger partial charge on any atom is 0.409 e. The molecule has 7 nitrogen and oxygen atoms in total. The van der Waals surface area contributed by atoms with Gasteiger partial charge in [0.15, 0.2) is 0 Å². The van der Waals surface area contributed by atoms with E-state index in [9.17, 15) is 19.1 Å². The monoisotopic (exact) mass is 351 g/mol. The standard InChI is InChI=1S/C17H22FN3O4/c1-2-25-16(24)19-9-7-17(8-10-19)15(23)20(12-22)11-21(17)14-5-3-13(18)4-6-14/h3-6,22H,2,7-12H2,1H3. The number of hydrogen-bond acceptors (Lipinski definition) is 5. The third-order valence-electron chi connectivity index (χ3n) is 4.94. The summed E-state index contributed by atoms with van der Waals surface area (Å²) in [5, 5.41) is 9.50. The van der Waals surface area contributed by atoms with Crippen molar-refractivity contribution in [2.24, 2.45) is 0 Å². The Labute approximate surface area is 145 Å². The van der Waals surface area contributed by atoms with Gasteiger partial charge < -0.3 is 19.6 Å². The summed E-state index contributed by atoms with van der Waals surface area (Å²) in [4.78, 5) is 29.6. The van der Waals surface area contributed by atoms with Gasteiger partial charge in [0.1, 0.15) is 18.1 Å². The molecule has 25 heavy (non-hydrogen) atoms. The number of piperidine rings is 1. The Kier molecular flexibility index (Phi) is 4.80. The number of amides is 2. The van der Waals surface area contributed by atoms with Crippen LogP contribution < -0.4 is 4.90 Å². The molecule has 2 saturated heterocycles. The van der Waals surface area contributed by atoms with Crippen LogP contribution in [0.1, 0.15) is 19.8 Å². The van der Waals surface area contributed by atoms with Gasteiger partial charge in [0.2, 0.25) is 0 Å². The number of anilines is 1. The molecule has 1 aromatic rings. The second kappa shape index (κ2) is 6.87. The van der Waals surface area contributed by atoms with E-state index < -0.39 is 5.54 Å². The van der Waals surface area contributed by atoms with Crippen LogP contribution in [-0.2, 0) is 9.53 Å². The lowest BCUT2D eigenvalue weighted by Gasteiger charge is -2.42. The number of hydrogen-bond donors (Lipinski definition) is 1. The number of ether oxygens (including phenoxy) is 1. The fraction of sp³-hybridized carbons (Fsp3) is 0.529. The molecule has 0 atom stereocenters. The summed E-state index contributed by atoms with van der Waals surface area (Å²) >= 11 is 0. The lowest BCUT2D eigenvalue weighted by molar-refractivity contribution is -0.136. The van der Waals surface area contributed by atoms with Crippen LogP contribution in [0.25, 0.3) is 0 Å². The maximum atomic E-state index is 13.2. The summed E-state index contributed by atoms with van der Waals surface area (Å²) in [6.45, 7) is 2.70. The zero-order valence-electron chi connectivity index (χ0n) is 14.2. The summed E-state index contributed by atoms with van der Waals surface area (Å²) in [6.07, 6.45) is 0.479. The highest BCUT2D eigenvalue weighted by Crippen LogP contribution is 2.39. The van der Waals surface area contributed by atoms with Crippen molar-refractivity contribution in [2.45, 2.75) is 25.3 Å². The molecule has 8 heteroatoms. The quantitative estimate of drug-likeness (QED) is 0.890. The first kappa shape index (κ1) is 17.5. The maximum absolute atomic E-state index is 13.2. The SMILES string of the molecule is CCOC(=O)N1CCC2(CC1)C(=O)N(CO)CN2c1ccc(F)cc1. The summed E-state index contributed by atoms with van der Waals surface area (Å²) in [7, 11) is 0. The van der Waals surface area contributed by atoms with E-state index in [1.165, 1.54) is 17.0 Å². The Morgan fingerprint density at radius 1 is 1.28 bits per heavy atom. The Hall–Kier alpha value is -2.35. The van der Waals surface area contributed by atoms with Gasteiger partial charge in [-0.15, -0.1) is 0 Å². The third kappa shape index (κ3) is 3.02. The van der Waals surface area contributed by atoms with Crippen LogP contribution in [0.3, 0.4) is 0 Å². The molecule has 2 fully saturated rings. The zero-order chi connectivity index (χ0) is 18.0. The molecular formula is C17H22FN3O4. The van der Waals surface area contributed by atoms with E-state index in [0.29, 0.717) is 32.5 Å². The van der Waals surface area contributed by atoms with Gasteiger partial charge in [0.25, 0.3) is 5.91 Å². The molecule has 3 rings (SSSR count). The number of nitrogens with zero attached hydrogens (tertiary/aromatic N) is 3. The molecule has 2 aliphatic heterocycles. The van der Waals surface area contributed by atoms with Crippen LogP contribution in [0.2, 0.25) is 0 Å². The largest absolute Gasteiger partial charge is 0.450 e. The molecule has 1 aromatic carbocycles.